The third-order valence-electron chi connectivity index (χ3n) is 2.65. The molecule has 1 rings (SSSR count). The Morgan fingerprint density at radius 2 is 2.19 bits per heavy atom. The Hall–Kier alpha value is -0.870. The second-order valence-corrected chi connectivity index (χ2v) is 5.98. The first-order chi connectivity index (χ1) is 7.36. The van der Waals surface area contributed by atoms with Crippen LogP contribution >= 0.6 is 11.3 Å². The summed E-state index contributed by atoms with van der Waals surface area (Å²) in [6.07, 6.45) is 0. The Balaban J connectivity index is 2.74. The first-order valence-electron chi connectivity index (χ1n) is 5.41. The van der Waals surface area contributed by atoms with Crippen molar-refractivity contribution in [1.29, 1.82) is 0 Å². The molecule has 1 heterocycles. The van der Waals surface area contributed by atoms with Crippen molar-refractivity contribution in [3.8, 4) is 0 Å². The fourth-order valence-electron chi connectivity index (χ4n) is 1.46. The highest BCUT2D eigenvalue weighted by Gasteiger charge is 2.25. The number of carbonyl (C=O) groups excluding carboxylic acids is 1. The van der Waals surface area contributed by atoms with Crippen LogP contribution in [0.15, 0.2) is 11.4 Å². The molecule has 16 heavy (non-hydrogen) atoms. The number of carbonyl (C=O) groups is 1. The molecule has 0 spiro atoms. The first-order valence-corrected chi connectivity index (χ1v) is 6.29. The molecule has 1 aromatic heterocycles. The van der Waals surface area contributed by atoms with Crippen LogP contribution in [-0.4, -0.2) is 18.5 Å². The molecular formula is C12H20N2OS. The smallest absolute Gasteiger partial charge is 0.261 e. The van der Waals surface area contributed by atoms with Crippen LogP contribution in [0.2, 0.25) is 0 Å². The van der Waals surface area contributed by atoms with Gasteiger partial charge < -0.3 is 11.1 Å². The van der Waals surface area contributed by atoms with Crippen LogP contribution in [0, 0.1) is 12.3 Å². The van der Waals surface area contributed by atoms with Crippen molar-refractivity contribution in [3.63, 3.8) is 0 Å². The largest absolute Gasteiger partial charge is 0.347 e. The van der Waals surface area contributed by atoms with Gasteiger partial charge in [0.05, 0.1) is 4.88 Å². The lowest BCUT2D eigenvalue weighted by Gasteiger charge is -2.30. The number of amides is 1. The van der Waals surface area contributed by atoms with E-state index in [1.807, 2.05) is 18.4 Å². The summed E-state index contributed by atoms with van der Waals surface area (Å²) in [4.78, 5) is 12.8. The SMILES string of the molecule is Cc1ccsc1C(=O)NC(CN)C(C)(C)C. The zero-order valence-electron chi connectivity index (χ0n) is 10.3. The van der Waals surface area contributed by atoms with Crippen molar-refractivity contribution in [3.05, 3.63) is 21.9 Å². The fourth-order valence-corrected chi connectivity index (χ4v) is 2.29. The maximum atomic E-state index is 12.0. The Morgan fingerprint density at radius 3 is 2.56 bits per heavy atom. The van der Waals surface area contributed by atoms with Crippen LogP contribution in [0.3, 0.4) is 0 Å². The summed E-state index contributed by atoms with van der Waals surface area (Å²) in [5.41, 5.74) is 6.69. The topological polar surface area (TPSA) is 55.1 Å². The lowest BCUT2D eigenvalue weighted by atomic mass is 9.87. The summed E-state index contributed by atoms with van der Waals surface area (Å²) in [6, 6.07) is 1.95. The summed E-state index contributed by atoms with van der Waals surface area (Å²) < 4.78 is 0. The lowest BCUT2D eigenvalue weighted by Crippen LogP contribution is -2.48. The van der Waals surface area contributed by atoms with E-state index in [1.54, 1.807) is 0 Å². The number of aryl methyl sites for hydroxylation is 1. The molecular weight excluding hydrogens is 220 g/mol. The molecule has 0 aromatic carbocycles. The van der Waals surface area contributed by atoms with E-state index in [-0.39, 0.29) is 17.4 Å². The highest BCUT2D eigenvalue weighted by Crippen LogP contribution is 2.20. The van der Waals surface area contributed by atoms with Crippen LogP contribution in [0.5, 0.6) is 0 Å². The number of nitrogens with two attached hydrogens (primary N) is 1. The van der Waals surface area contributed by atoms with Gasteiger partial charge in [0.15, 0.2) is 0 Å². The van der Waals surface area contributed by atoms with Crippen molar-refractivity contribution in [2.45, 2.75) is 33.7 Å². The van der Waals surface area contributed by atoms with Crippen LogP contribution < -0.4 is 11.1 Å². The Morgan fingerprint density at radius 1 is 1.56 bits per heavy atom. The van der Waals surface area contributed by atoms with Gasteiger partial charge in [0, 0.05) is 12.6 Å². The second kappa shape index (κ2) is 4.97. The van der Waals surface area contributed by atoms with Gasteiger partial charge >= 0.3 is 0 Å². The number of hydrogen-bond donors (Lipinski definition) is 2. The van der Waals surface area contributed by atoms with Crippen LogP contribution in [0.1, 0.15) is 36.0 Å². The quantitative estimate of drug-likeness (QED) is 0.850. The lowest BCUT2D eigenvalue weighted by molar-refractivity contribution is 0.0909. The Bertz CT molecular complexity index is 365. The molecule has 1 atom stereocenters. The maximum absolute atomic E-state index is 12.0. The van der Waals surface area contributed by atoms with Gasteiger partial charge in [-0.1, -0.05) is 20.8 Å². The van der Waals surface area contributed by atoms with Crippen LogP contribution in [0.25, 0.3) is 0 Å². The molecule has 0 aliphatic rings. The molecule has 3 N–H and O–H groups in total. The molecule has 1 amide bonds. The minimum absolute atomic E-state index is 0.00139. The van der Waals surface area contributed by atoms with Crippen molar-refractivity contribution in [1.82, 2.24) is 5.32 Å². The van der Waals surface area contributed by atoms with Gasteiger partial charge in [-0.15, -0.1) is 11.3 Å². The van der Waals surface area contributed by atoms with Gasteiger partial charge in [-0.3, -0.25) is 4.79 Å². The van der Waals surface area contributed by atoms with Gasteiger partial charge in [0.2, 0.25) is 0 Å². The predicted octanol–water partition coefficient (Wildman–Crippen LogP) is 2.16. The molecule has 0 aliphatic heterocycles. The summed E-state index contributed by atoms with van der Waals surface area (Å²) >= 11 is 1.47. The van der Waals surface area contributed by atoms with Gasteiger partial charge in [0.25, 0.3) is 5.91 Å². The van der Waals surface area contributed by atoms with Crippen molar-refractivity contribution >= 4 is 17.2 Å². The van der Waals surface area contributed by atoms with E-state index in [9.17, 15) is 4.79 Å². The Kier molecular flexibility index (Phi) is 4.10. The van der Waals surface area contributed by atoms with Gasteiger partial charge in [-0.2, -0.15) is 0 Å². The molecule has 0 radical (unpaired) electrons. The van der Waals surface area contributed by atoms with Crippen LogP contribution in [0.4, 0.5) is 0 Å². The van der Waals surface area contributed by atoms with E-state index >= 15 is 0 Å². The third kappa shape index (κ3) is 3.06. The summed E-state index contributed by atoms with van der Waals surface area (Å²) in [5, 5.41) is 4.93. The standard InChI is InChI=1S/C12H20N2OS/c1-8-5-6-16-10(8)11(15)14-9(7-13)12(2,3)4/h5-6,9H,7,13H2,1-4H3,(H,14,15). The molecule has 1 aromatic rings. The average Bonchev–Trinajstić information content (AvgIpc) is 2.58. The molecule has 90 valence electrons. The van der Waals surface area contributed by atoms with Gasteiger partial charge in [-0.05, 0) is 29.3 Å². The van der Waals surface area contributed by atoms with E-state index in [1.165, 1.54) is 11.3 Å². The zero-order chi connectivity index (χ0) is 12.3. The van der Waals surface area contributed by atoms with Crippen molar-refractivity contribution in [2.24, 2.45) is 11.1 Å². The molecule has 0 aliphatic carbocycles. The normalized spacial score (nSPS) is 13.6. The third-order valence-corrected chi connectivity index (χ3v) is 3.67. The van der Waals surface area contributed by atoms with E-state index in [2.05, 4.69) is 26.1 Å². The summed E-state index contributed by atoms with van der Waals surface area (Å²) in [7, 11) is 0. The van der Waals surface area contributed by atoms with Crippen molar-refractivity contribution < 1.29 is 4.79 Å². The zero-order valence-corrected chi connectivity index (χ0v) is 11.1. The molecule has 0 fully saturated rings. The number of thiophene rings is 1. The maximum Gasteiger partial charge on any atom is 0.261 e. The van der Waals surface area contributed by atoms with E-state index < -0.39 is 0 Å². The minimum atomic E-state index is -0.0183. The molecule has 1 unspecified atom stereocenters. The fraction of sp³-hybridized carbons (Fsp3) is 0.583. The monoisotopic (exact) mass is 240 g/mol. The Labute approximate surface area is 101 Å². The molecule has 0 bridgehead atoms. The van der Waals surface area contributed by atoms with E-state index in [4.69, 9.17) is 5.73 Å². The van der Waals surface area contributed by atoms with Crippen LogP contribution in [-0.2, 0) is 0 Å². The molecule has 4 heteroatoms. The van der Waals surface area contributed by atoms with Gasteiger partial charge in [0.1, 0.15) is 0 Å². The minimum Gasteiger partial charge on any atom is -0.347 e. The van der Waals surface area contributed by atoms with E-state index in [0.29, 0.717) is 6.54 Å². The van der Waals surface area contributed by atoms with Crippen molar-refractivity contribution in [2.75, 3.05) is 6.54 Å². The molecule has 0 saturated carbocycles. The highest BCUT2D eigenvalue weighted by atomic mass is 32.1. The summed E-state index contributed by atoms with van der Waals surface area (Å²) in [5.74, 6) is -0.0159. The summed E-state index contributed by atoms with van der Waals surface area (Å²) in [6.45, 7) is 8.63. The molecule has 0 saturated heterocycles. The predicted molar refractivity (Wildman–Crippen MR) is 68.8 cm³/mol. The van der Waals surface area contributed by atoms with E-state index in [0.717, 1.165) is 10.4 Å². The number of rotatable bonds is 3. The first kappa shape index (κ1) is 13.2. The highest BCUT2D eigenvalue weighted by molar-refractivity contribution is 7.12. The second-order valence-electron chi connectivity index (χ2n) is 5.06. The molecule has 3 nitrogen and oxygen atoms in total. The average molecular weight is 240 g/mol. The van der Waals surface area contributed by atoms with Gasteiger partial charge in [-0.25, -0.2) is 0 Å². The number of hydrogen-bond acceptors (Lipinski definition) is 3. The number of nitrogens with one attached hydrogen (secondary N) is 1.